The van der Waals surface area contributed by atoms with Crippen LogP contribution in [-0.2, 0) is 19.1 Å². The molecular formula is C27H35F4N5O4. The van der Waals surface area contributed by atoms with Crippen LogP contribution in [0.3, 0.4) is 0 Å². The van der Waals surface area contributed by atoms with E-state index in [1.807, 2.05) is 0 Å². The van der Waals surface area contributed by atoms with Crippen LogP contribution in [-0.4, -0.2) is 97.6 Å². The van der Waals surface area contributed by atoms with Crippen molar-refractivity contribution in [1.29, 1.82) is 5.26 Å². The van der Waals surface area contributed by atoms with E-state index in [0.717, 1.165) is 0 Å². The smallest absolute Gasteiger partial charge is 0.280 e. The number of hydrogen-bond acceptors (Lipinski definition) is 6. The maximum atomic E-state index is 14.9. The largest absolute Gasteiger partial charge is 0.378 e. The van der Waals surface area contributed by atoms with Crippen LogP contribution in [0.1, 0.15) is 38.5 Å². The highest BCUT2D eigenvalue weighted by atomic mass is 19.3. The topological polar surface area (TPSA) is 115 Å². The summed E-state index contributed by atoms with van der Waals surface area (Å²) >= 11 is 0. The molecule has 2 saturated carbocycles. The number of alkyl halides is 3. The van der Waals surface area contributed by atoms with Gasteiger partial charge in [0.05, 0.1) is 36.8 Å². The summed E-state index contributed by atoms with van der Waals surface area (Å²) < 4.78 is 63.4. The second kappa shape index (κ2) is 12.0. The monoisotopic (exact) mass is 569 g/mol. The Morgan fingerprint density at radius 3 is 2.58 bits per heavy atom. The Labute approximate surface area is 230 Å². The summed E-state index contributed by atoms with van der Waals surface area (Å²) in [4.78, 5) is 42.3. The van der Waals surface area contributed by atoms with Crippen molar-refractivity contribution >= 4 is 17.7 Å². The van der Waals surface area contributed by atoms with Crippen molar-refractivity contribution in [2.75, 3.05) is 39.4 Å². The number of nitrogens with zero attached hydrogens (tertiary/aromatic N) is 3. The zero-order valence-electron chi connectivity index (χ0n) is 22.2. The fourth-order valence-electron chi connectivity index (χ4n) is 7.32. The molecule has 8 atom stereocenters. The standard InChI is InChI=1S/C27H35F4N5O4/c28-19-3-1-2-16-20(21(29)26(38)34-22(16)19)25(37)33-15-4-5-36(13-15)23-17(24(30)31)10-14(12-32)11-18(23)27(39)35-6-8-40-9-7-35/h14-19,22-24H,1-11,13H2,(H,33,37)(H,34,38)/t14?,15-,16?,17?,18?,19?,22?,23?/m1/s1. The molecule has 9 nitrogen and oxygen atoms in total. The van der Waals surface area contributed by atoms with E-state index < -0.39 is 72.0 Å². The number of halogens is 4. The lowest BCUT2D eigenvalue weighted by atomic mass is 9.70. The molecule has 0 spiro atoms. The average Bonchev–Trinajstić information content (AvgIpc) is 3.41. The number of nitrogens with one attached hydrogen (secondary N) is 2. The predicted molar refractivity (Wildman–Crippen MR) is 133 cm³/mol. The van der Waals surface area contributed by atoms with E-state index in [0.29, 0.717) is 52.1 Å². The Kier molecular flexibility index (Phi) is 8.66. The van der Waals surface area contributed by atoms with E-state index in [1.165, 1.54) is 0 Å². The van der Waals surface area contributed by atoms with Gasteiger partial charge in [0.2, 0.25) is 12.3 Å². The summed E-state index contributed by atoms with van der Waals surface area (Å²) in [5, 5.41) is 14.7. The predicted octanol–water partition coefficient (Wildman–Crippen LogP) is 1.70. The molecule has 2 N–H and O–H groups in total. The van der Waals surface area contributed by atoms with Gasteiger partial charge in [-0.2, -0.15) is 5.26 Å². The Bertz CT molecular complexity index is 1080. The number of rotatable bonds is 5. The number of likely N-dealkylation sites (tertiary alicyclic amines) is 1. The van der Waals surface area contributed by atoms with E-state index in [2.05, 4.69) is 16.7 Å². The molecule has 7 unspecified atom stereocenters. The molecule has 5 aliphatic rings. The highest BCUT2D eigenvalue weighted by Crippen LogP contribution is 2.42. The van der Waals surface area contributed by atoms with E-state index in [9.17, 15) is 37.2 Å². The summed E-state index contributed by atoms with van der Waals surface area (Å²) in [7, 11) is 0. The molecule has 0 aromatic rings. The number of hydrogen-bond donors (Lipinski definition) is 2. The first-order valence-electron chi connectivity index (χ1n) is 14.1. The summed E-state index contributed by atoms with van der Waals surface area (Å²) in [5.41, 5.74) is -0.352. The number of nitriles is 1. The van der Waals surface area contributed by atoms with Crippen LogP contribution >= 0.6 is 0 Å². The van der Waals surface area contributed by atoms with Gasteiger partial charge in [0.1, 0.15) is 6.17 Å². The minimum absolute atomic E-state index is 0.0279. The Morgan fingerprint density at radius 2 is 1.88 bits per heavy atom. The summed E-state index contributed by atoms with van der Waals surface area (Å²) in [6, 6.07) is -0.235. The number of fused-ring (bicyclic) bond motifs is 1. The Hall–Kier alpha value is -2.72. The molecule has 3 aliphatic heterocycles. The normalized spacial score (nSPS) is 37.1. The molecular weight excluding hydrogens is 534 g/mol. The van der Waals surface area contributed by atoms with Crippen LogP contribution in [0.2, 0.25) is 0 Å². The summed E-state index contributed by atoms with van der Waals surface area (Å²) in [6.07, 6.45) is -2.56. The third-order valence-corrected chi connectivity index (χ3v) is 9.24. The Balaban J connectivity index is 1.32. The van der Waals surface area contributed by atoms with Crippen molar-refractivity contribution in [2.45, 2.75) is 69.2 Å². The number of carbonyl (C=O) groups excluding carboxylic acids is 3. The van der Waals surface area contributed by atoms with Gasteiger partial charge < -0.3 is 20.3 Å². The number of ether oxygens (including phenoxy) is 1. The molecule has 0 aromatic carbocycles. The van der Waals surface area contributed by atoms with Gasteiger partial charge in [-0.15, -0.1) is 0 Å². The molecule has 3 heterocycles. The quantitative estimate of drug-likeness (QED) is 0.488. The lowest BCUT2D eigenvalue weighted by Gasteiger charge is -2.45. The van der Waals surface area contributed by atoms with Gasteiger partial charge in [-0.3, -0.25) is 19.3 Å². The van der Waals surface area contributed by atoms with Gasteiger partial charge in [0.25, 0.3) is 11.8 Å². The average molecular weight is 570 g/mol. The SMILES string of the molecule is N#CC1CC(C(=O)N2CCOCC2)C(N2CC[C@@H](NC(=O)C3=C(F)C(=O)NC4C(F)CCCC34)C2)C(C(F)F)C1. The first-order chi connectivity index (χ1) is 19.2. The molecule has 3 amide bonds. The fourth-order valence-corrected chi connectivity index (χ4v) is 7.32. The maximum Gasteiger partial charge on any atom is 0.280 e. The van der Waals surface area contributed by atoms with Gasteiger partial charge in [0.15, 0.2) is 5.83 Å². The zero-order chi connectivity index (χ0) is 28.6. The molecule has 220 valence electrons. The third-order valence-electron chi connectivity index (χ3n) is 9.24. The van der Waals surface area contributed by atoms with Gasteiger partial charge in [-0.25, -0.2) is 17.6 Å². The molecule has 13 heteroatoms. The van der Waals surface area contributed by atoms with Crippen molar-refractivity contribution in [3.63, 3.8) is 0 Å². The molecule has 5 rings (SSSR count). The molecule has 0 bridgehead atoms. The number of carbonyl (C=O) groups is 3. The lowest BCUT2D eigenvalue weighted by molar-refractivity contribution is -0.147. The summed E-state index contributed by atoms with van der Waals surface area (Å²) in [5.74, 6) is -6.84. The van der Waals surface area contributed by atoms with Crippen molar-refractivity contribution in [3.8, 4) is 6.07 Å². The third kappa shape index (κ3) is 5.57. The molecule has 2 aliphatic carbocycles. The van der Waals surface area contributed by atoms with Crippen molar-refractivity contribution in [2.24, 2.45) is 23.7 Å². The number of amides is 3. The van der Waals surface area contributed by atoms with E-state index in [1.54, 1.807) is 9.80 Å². The van der Waals surface area contributed by atoms with E-state index in [4.69, 9.17) is 4.74 Å². The maximum absolute atomic E-state index is 14.9. The van der Waals surface area contributed by atoms with E-state index in [-0.39, 0.29) is 37.3 Å². The molecule has 0 aromatic heterocycles. The highest BCUT2D eigenvalue weighted by Gasteiger charge is 2.51. The molecule has 0 radical (unpaired) electrons. The molecule has 40 heavy (non-hydrogen) atoms. The van der Waals surface area contributed by atoms with Crippen LogP contribution in [0.25, 0.3) is 0 Å². The number of morpholine rings is 1. The first kappa shape index (κ1) is 28.8. The molecule has 4 fully saturated rings. The van der Waals surface area contributed by atoms with Crippen LogP contribution in [0, 0.1) is 35.0 Å². The fraction of sp³-hybridized carbons (Fsp3) is 0.778. The Morgan fingerprint density at radius 1 is 1.12 bits per heavy atom. The van der Waals surface area contributed by atoms with Crippen LogP contribution in [0.4, 0.5) is 17.6 Å². The minimum Gasteiger partial charge on any atom is -0.378 e. The molecule has 2 saturated heterocycles. The van der Waals surface area contributed by atoms with Gasteiger partial charge in [-0.05, 0) is 38.5 Å². The summed E-state index contributed by atoms with van der Waals surface area (Å²) in [6.45, 7) is 1.90. The highest BCUT2D eigenvalue weighted by molar-refractivity contribution is 6.05. The first-order valence-corrected chi connectivity index (χ1v) is 14.1. The van der Waals surface area contributed by atoms with Gasteiger partial charge in [0, 0.05) is 56.0 Å². The van der Waals surface area contributed by atoms with Gasteiger partial charge >= 0.3 is 0 Å². The van der Waals surface area contributed by atoms with Crippen molar-refractivity contribution < 1.29 is 36.7 Å². The van der Waals surface area contributed by atoms with Crippen LogP contribution in [0.5, 0.6) is 0 Å². The second-order valence-corrected chi connectivity index (χ2v) is 11.6. The lowest BCUT2D eigenvalue weighted by Crippen LogP contribution is -2.57. The second-order valence-electron chi connectivity index (χ2n) is 11.6. The van der Waals surface area contributed by atoms with Crippen LogP contribution < -0.4 is 10.6 Å². The van der Waals surface area contributed by atoms with Crippen LogP contribution in [0.15, 0.2) is 11.4 Å². The minimum atomic E-state index is -2.74. The van der Waals surface area contributed by atoms with E-state index >= 15 is 0 Å². The van der Waals surface area contributed by atoms with Crippen molar-refractivity contribution in [3.05, 3.63) is 11.4 Å². The van der Waals surface area contributed by atoms with Gasteiger partial charge in [-0.1, -0.05) is 0 Å². The van der Waals surface area contributed by atoms with Crippen molar-refractivity contribution in [1.82, 2.24) is 20.4 Å². The zero-order valence-corrected chi connectivity index (χ0v) is 22.2.